The third kappa shape index (κ3) is 2.47. The Morgan fingerprint density at radius 1 is 1.92 bits per heavy atom. The zero-order valence-electron chi connectivity index (χ0n) is 6.95. The third-order valence-corrected chi connectivity index (χ3v) is 1.50. The van der Waals surface area contributed by atoms with Crippen LogP contribution in [0.2, 0.25) is 0 Å². The molecule has 1 atom stereocenters. The lowest BCUT2D eigenvalue weighted by Crippen LogP contribution is -2.31. The molecule has 0 bridgehead atoms. The van der Waals surface area contributed by atoms with Crippen LogP contribution in [0.15, 0.2) is 16.8 Å². The molecular weight excluding hydrogens is 156 g/mol. The van der Waals surface area contributed by atoms with Crippen molar-refractivity contribution in [3.05, 3.63) is 11.8 Å². The standard InChI is InChI=1S/C8H12N2O2/c1-6(11)4-10-8(12)7-2-3-9-5-7/h3,5-6,11H,2,4H2,1H3,(H,10,12). The van der Waals surface area contributed by atoms with Crippen molar-refractivity contribution in [2.75, 3.05) is 6.54 Å². The van der Waals surface area contributed by atoms with E-state index in [4.69, 9.17) is 5.11 Å². The van der Waals surface area contributed by atoms with Gasteiger partial charge in [-0.25, -0.2) is 0 Å². The van der Waals surface area contributed by atoms with Crippen molar-refractivity contribution in [1.82, 2.24) is 5.32 Å². The molecule has 0 saturated carbocycles. The van der Waals surface area contributed by atoms with Gasteiger partial charge >= 0.3 is 0 Å². The van der Waals surface area contributed by atoms with Gasteiger partial charge in [-0.05, 0) is 6.92 Å². The van der Waals surface area contributed by atoms with Crippen molar-refractivity contribution < 1.29 is 9.90 Å². The SMILES string of the molecule is CC(O)CNC(=O)C1=CN=CC1. The lowest BCUT2D eigenvalue weighted by atomic mass is 10.2. The summed E-state index contributed by atoms with van der Waals surface area (Å²) < 4.78 is 0. The van der Waals surface area contributed by atoms with E-state index in [1.807, 2.05) is 0 Å². The molecule has 0 fully saturated rings. The number of aliphatic hydroxyl groups excluding tert-OH is 1. The van der Waals surface area contributed by atoms with Crippen molar-refractivity contribution in [3.8, 4) is 0 Å². The van der Waals surface area contributed by atoms with Gasteiger partial charge in [0.05, 0.1) is 6.10 Å². The molecule has 12 heavy (non-hydrogen) atoms. The first-order valence-corrected chi connectivity index (χ1v) is 3.87. The van der Waals surface area contributed by atoms with Crippen molar-refractivity contribution in [3.63, 3.8) is 0 Å². The number of aliphatic hydroxyl groups is 1. The first-order chi connectivity index (χ1) is 5.70. The molecule has 1 amide bonds. The van der Waals surface area contributed by atoms with Crippen LogP contribution in [0, 0.1) is 0 Å². The third-order valence-electron chi connectivity index (χ3n) is 1.50. The average Bonchev–Trinajstić information content (AvgIpc) is 2.51. The predicted octanol–water partition coefficient (Wildman–Crippen LogP) is -0.158. The molecule has 1 aliphatic heterocycles. The summed E-state index contributed by atoms with van der Waals surface area (Å²) in [5.74, 6) is -0.145. The van der Waals surface area contributed by atoms with E-state index in [2.05, 4.69) is 10.3 Å². The Hall–Kier alpha value is -1.16. The summed E-state index contributed by atoms with van der Waals surface area (Å²) in [6.45, 7) is 1.91. The summed E-state index contributed by atoms with van der Waals surface area (Å²) in [5, 5.41) is 11.5. The highest BCUT2D eigenvalue weighted by Gasteiger charge is 2.10. The van der Waals surface area contributed by atoms with E-state index in [1.54, 1.807) is 13.1 Å². The summed E-state index contributed by atoms with van der Waals surface area (Å²) in [4.78, 5) is 15.0. The molecule has 2 N–H and O–H groups in total. The Morgan fingerprint density at radius 3 is 3.17 bits per heavy atom. The molecule has 1 heterocycles. The van der Waals surface area contributed by atoms with Gasteiger partial charge in [-0.15, -0.1) is 0 Å². The Morgan fingerprint density at radius 2 is 2.67 bits per heavy atom. The minimum absolute atomic E-state index is 0.145. The lowest BCUT2D eigenvalue weighted by Gasteiger charge is -2.06. The number of hydrogen-bond acceptors (Lipinski definition) is 3. The van der Waals surface area contributed by atoms with E-state index in [0.717, 1.165) is 0 Å². The van der Waals surface area contributed by atoms with E-state index in [9.17, 15) is 4.79 Å². The monoisotopic (exact) mass is 168 g/mol. The summed E-state index contributed by atoms with van der Waals surface area (Å²) in [7, 11) is 0. The summed E-state index contributed by atoms with van der Waals surface area (Å²) >= 11 is 0. The van der Waals surface area contributed by atoms with E-state index in [0.29, 0.717) is 12.0 Å². The van der Waals surface area contributed by atoms with Crippen LogP contribution < -0.4 is 5.32 Å². The molecule has 0 aromatic rings. The molecule has 1 rings (SSSR count). The summed E-state index contributed by atoms with van der Waals surface area (Å²) in [6, 6.07) is 0. The minimum atomic E-state index is -0.503. The first-order valence-electron chi connectivity index (χ1n) is 3.87. The molecule has 0 spiro atoms. The maximum absolute atomic E-state index is 11.2. The Bertz CT molecular complexity index is 231. The van der Waals surface area contributed by atoms with Crippen LogP contribution in [0.1, 0.15) is 13.3 Å². The molecule has 4 nitrogen and oxygen atoms in total. The molecular formula is C8H12N2O2. The van der Waals surface area contributed by atoms with Crippen LogP contribution in [-0.2, 0) is 4.79 Å². The minimum Gasteiger partial charge on any atom is -0.392 e. The molecule has 0 radical (unpaired) electrons. The maximum Gasteiger partial charge on any atom is 0.249 e. The number of carbonyl (C=O) groups is 1. The first kappa shape index (κ1) is 8.93. The van der Waals surface area contributed by atoms with Crippen LogP contribution in [0.25, 0.3) is 0 Å². The van der Waals surface area contributed by atoms with Crippen molar-refractivity contribution in [2.45, 2.75) is 19.4 Å². The second kappa shape index (κ2) is 4.01. The number of aliphatic imine (C=N–C) groups is 1. The molecule has 0 saturated heterocycles. The van der Waals surface area contributed by atoms with Gasteiger partial charge in [0, 0.05) is 31.0 Å². The predicted molar refractivity (Wildman–Crippen MR) is 45.9 cm³/mol. The topological polar surface area (TPSA) is 61.7 Å². The van der Waals surface area contributed by atoms with Crippen LogP contribution in [-0.4, -0.2) is 29.9 Å². The summed E-state index contributed by atoms with van der Waals surface area (Å²) in [6.07, 6.45) is 3.30. The van der Waals surface area contributed by atoms with Gasteiger partial charge in [0.1, 0.15) is 0 Å². The van der Waals surface area contributed by atoms with Gasteiger partial charge < -0.3 is 10.4 Å². The van der Waals surface area contributed by atoms with Crippen molar-refractivity contribution >= 4 is 12.1 Å². The quantitative estimate of drug-likeness (QED) is 0.615. The highest BCUT2D eigenvalue weighted by atomic mass is 16.3. The molecule has 0 aliphatic carbocycles. The molecule has 1 unspecified atom stereocenters. The van der Waals surface area contributed by atoms with Crippen molar-refractivity contribution in [1.29, 1.82) is 0 Å². The van der Waals surface area contributed by atoms with E-state index < -0.39 is 6.10 Å². The summed E-state index contributed by atoms with van der Waals surface area (Å²) in [5.41, 5.74) is 0.649. The largest absolute Gasteiger partial charge is 0.392 e. The number of hydrogen-bond donors (Lipinski definition) is 2. The van der Waals surface area contributed by atoms with Gasteiger partial charge in [-0.1, -0.05) is 0 Å². The number of carbonyl (C=O) groups excluding carboxylic acids is 1. The zero-order valence-corrected chi connectivity index (χ0v) is 6.95. The van der Waals surface area contributed by atoms with E-state index in [-0.39, 0.29) is 12.5 Å². The fourth-order valence-corrected chi connectivity index (χ4v) is 0.852. The Balaban J connectivity index is 2.29. The smallest absolute Gasteiger partial charge is 0.249 e. The Labute approximate surface area is 71.0 Å². The number of nitrogens with zero attached hydrogens (tertiary/aromatic N) is 1. The van der Waals surface area contributed by atoms with Crippen molar-refractivity contribution in [2.24, 2.45) is 4.99 Å². The van der Waals surface area contributed by atoms with Gasteiger partial charge in [-0.3, -0.25) is 9.79 Å². The van der Waals surface area contributed by atoms with Gasteiger partial charge in [0.25, 0.3) is 0 Å². The van der Waals surface area contributed by atoms with Crippen LogP contribution in [0.5, 0.6) is 0 Å². The van der Waals surface area contributed by atoms with Crippen LogP contribution in [0.3, 0.4) is 0 Å². The van der Waals surface area contributed by atoms with Crippen LogP contribution in [0.4, 0.5) is 0 Å². The van der Waals surface area contributed by atoms with Gasteiger partial charge in [-0.2, -0.15) is 0 Å². The normalized spacial score (nSPS) is 17.3. The fraction of sp³-hybridized carbons (Fsp3) is 0.500. The molecule has 66 valence electrons. The number of amides is 1. The fourth-order valence-electron chi connectivity index (χ4n) is 0.852. The van der Waals surface area contributed by atoms with Gasteiger partial charge in [0.2, 0.25) is 5.91 Å². The van der Waals surface area contributed by atoms with E-state index in [1.165, 1.54) is 6.20 Å². The zero-order chi connectivity index (χ0) is 8.97. The van der Waals surface area contributed by atoms with E-state index >= 15 is 0 Å². The number of nitrogens with one attached hydrogen (secondary N) is 1. The van der Waals surface area contributed by atoms with Gasteiger partial charge in [0.15, 0.2) is 0 Å². The maximum atomic E-state index is 11.2. The van der Waals surface area contributed by atoms with Crippen LogP contribution >= 0.6 is 0 Å². The average molecular weight is 168 g/mol. The highest BCUT2D eigenvalue weighted by molar-refractivity contribution is 5.97. The molecule has 4 heteroatoms. The second-order valence-electron chi connectivity index (χ2n) is 2.75. The molecule has 0 aromatic heterocycles. The Kier molecular flexibility index (Phi) is 2.99. The second-order valence-corrected chi connectivity index (χ2v) is 2.75. The highest BCUT2D eigenvalue weighted by Crippen LogP contribution is 2.05. The lowest BCUT2D eigenvalue weighted by molar-refractivity contribution is -0.117. The molecule has 0 aromatic carbocycles. The molecule has 1 aliphatic rings. The number of rotatable bonds is 3.